The first-order valence-electron chi connectivity index (χ1n) is 10.0. The number of hydrogen-bond donors (Lipinski definition) is 0. The zero-order chi connectivity index (χ0) is 22.3. The molecule has 1 saturated carbocycles. The highest BCUT2D eigenvalue weighted by Crippen LogP contribution is 2.36. The van der Waals surface area contributed by atoms with E-state index in [0.29, 0.717) is 0 Å². The molecule has 1 heterocycles. The van der Waals surface area contributed by atoms with E-state index in [4.69, 9.17) is 4.74 Å². The Morgan fingerprint density at radius 1 is 1.17 bits per heavy atom. The normalized spacial score (nSPS) is 24.5. The fraction of sp³-hybridized carbons (Fsp3) is 0.650. The maximum Gasteiger partial charge on any atom is 0.406 e. The molecule has 0 unspecified atom stereocenters. The summed E-state index contributed by atoms with van der Waals surface area (Å²) in [4.78, 5) is 13.6. The van der Waals surface area contributed by atoms with Crippen molar-refractivity contribution in [2.24, 2.45) is 5.92 Å². The summed E-state index contributed by atoms with van der Waals surface area (Å²) >= 11 is 0. The summed E-state index contributed by atoms with van der Waals surface area (Å²) in [6.45, 7) is 4.30. The van der Waals surface area contributed by atoms with Gasteiger partial charge in [0.2, 0.25) is 10.0 Å². The summed E-state index contributed by atoms with van der Waals surface area (Å²) in [6.07, 6.45) is -3.40. The van der Waals surface area contributed by atoms with Gasteiger partial charge in [0.15, 0.2) is 0 Å². The quantitative estimate of drug-likeness (QED) is 0.670. The van der Waals surface area contributed by atoms with Crippen LogP contribution in [0.15, 0.2) is 29.2 Å². The highest BCUT2D eigenvalue weighted by molar-refractivity contribution is 7.89. The topological polar surface area (TPSA) is 66.9 Å². The molecule has 1 aliphatic heterocycles. The Balaban J connectivity index is 1.80. The van der Waals surface area contributed by atoms with E-state index < -0.39 is 34.7 Å². The number of rotatable bonds is 6. The summed E-state index contributed by atoms with van der Waals surface area (Å²) in [5.74, 6) is -0.675. The molecular weight excluding hydrogens is 421 g/mol. The minimum Gasteiger partial charge on any atom is -0.373 e. The number of ether oxygens (including phenoxy) is 1. The van der Waals surface area contributed by atoms with Gasteiger partial charge in [0.1, 0.15) is 6.54 Å². The molecule has 0 aromatic heterocycles. The van der Waals surface area contributed by atoms with Gasteiger partial charge in [-0.1, -0.05) is 0 Å². The van der Waals surface area contributed by atoms with Crippen LogP contribution in [0.2, 0.25) is 0 Å². The molecule has 1 aromatic carbocycles. The Kier molecular flexibility index (Phi) is 6.50. The minimum atomic E-state index is -4.51. The zero-order valence-corrected chi connectivity index (χ0v) is 18.0. The number of benzene rings is 1. The lowest BCUT2D eigenvalue weighted by Crippen LogP contribution is -2.48. The third-order valence-electron chi connectivity index (χ3n) is 5.53. The van der Waals surface area contributed by atoms with E-state index in [1.165, 1.54) is 28.6 Å². The summed E-state index contributed by atoms with van der Waals surface area (Å²) in [5.41, 5.74) is 0.0365. The molecule has 1 aromatic rings. The monoisotopic (exact) mass is 448 g/mol. The number of carbonyl (C=O) groups is 1. The van der Waals surface area contributed by atoms with Crippen molar-refractivity contribution in [1.29, 1.82) is 0 Å². The Bertz CT molecular complexity index is 859. The van der Waals surface area contributed by atoms with Gasteiger partial charge >= 0.3 is 6.18 Å². The Morgan fingerprint density at radius 3 is 2.17 bits per heavy atom. The van der Waals surface area contributed by atoms with Crippen LogP contribution in [-0.4, -0.2) is 67.6 Å². The second-order valence-corrected chi connectivity index (χ2v) is 10.2. The molecule has 1 saturated heterocycles. The fourth-order valence-electron chi connectivity index (χ4n) is 3.84. The molecule has 2 aliphatic rings. The van der Waals surface area contributed by atoms with Gasteiger partial charge in [0, 0.05) is 24.7 Å². The second-order valence-electron chi connectivity index (χ2n) is 8.23. The molecule has 30 heavy (non-hydrogen) atoms. The van der Waals surface area contributed by atoms with E-state index in [1.807, 2.05) is 0 Å². The predicted molar refractivity (Wildman–Crippen MR) is 104 cm³/mol. The lowest BCUT2D eigenvalue weighted by Gasteiger charge is -2.34. The van der Waals surface area contributed by atoms with Crippen LogP contribution in [-0.2, 0) is 14.8 Å². The largest absolute Gasteiger partial charge is 0.406 e. The van der Waals surface area contributed by atoms with Crippen LogP contribution in [0, 0.1) is 5.92 Å². The van der Waals surface area contributed by atoms with E-state index in [1.54, 1.807) is 20.8 Å². The lowest BCUT2D eigenvalue weighted by molar-refractivity contribution is -0.144. The zero-order valence-electron chi connectivity index (χ0n) is 17.2. The molecule has 168 valence electrons. The second kappa shape index (κ2) is 8.47. The molecule has 3 rings (SSSR count). The fourth-order valence-corrected chi connectivity index (χ4v) is 5.43. The number of hydrogen-bond acceptors (Lipinski definition) is 4. The Labute approximate surface area is 175 Å². The maximum absolute atomic E-state index is 13.0. The molecule has 2 fully saturated rings. The van der Waals surface area contributed by atoms with Crippen LogP contribution < -0.4 is 0 Å². The van der Waals surface area contributed by atoms with Crippen molar-refractivity contribution < 1.29 is 31.1 Å². The van der Waals surface area contributed by atoms with Gasteiger partial charge in [-0.15, -0.1) is 0 Å². The van der Waals surface area contributed by atoms with Crippen molar-refractivity contribution in [2.75, 3.05) is 19.6 Å². The molecule has 6 nitrogen and oxygen atoms in total. The van der Waals surface area contributed by atoms with Crippen molar-refractivity contribution in [1.82, 2.24) is 9.21 Å². The van der Waals surface area contributed by atoms with Crippen LogP contribution in [0.25, 0.3) is 0 Å². The van der Waals surface area contributed by atoms with E-state index in [2.05, 4.69) is 0 Å². The summed E-state index contributed by atoms with van der Waals surface area (Å²) < 4.78 is 71.8. The van der Waals surface area contributed by atoms with Crippen molar-refractivity contribution in [3.63, 3.8) is 0 Å². The van der Waals surface area contributed by atoms with Gasteiger partial charge in [0.05, 0.1) is 17.1 Å². The molecule has 0 bridgehead atoms. The molecular formula is C20H27F3N2O4S. The van der Waals surface area contributed by atoms with Crippen molar-refractivity contribution in [3.05, 3.63) is 29.8 Å². The molecule has 1 amide bonds. The van der Waals surface area contributed by atoms with Gasteiger partial charge in [0.25, 0.3) is 5.91 Å². The van der Waals surface area contributed by atoms with Gasteiger partial charge in [-0.3, -0.25) is 4.79 Å². The van der Waals surface area contributed by atoms with Gasteiger partial charge in [-0.2, -0.15) is 17.5 Å². The number of nitrogens with zero attached hydrogens (tertiary/aromatic N) is 2. The number of halogens is 3. The summed E-state index contributed by atoms with van der Waals surface area (Å²) in [5, 5.41) is 0. The maximum atomic E-state index is 13.0. The Hall–Kier alpha value is -1.65. The smallest absolute Gasteiger partial charge is 0.373 e. The lowest BCUT2D eigenvalue weighted by atomic mass is 10.1. The summed E-state index contributed by atoms with van der Waals surface area (Å²) in [6, 6.07) is 4.60. The first kappa shape index (κ1) is 23.0. The van der Waals surface area contributed by atoms with Crippen molar-refractivity contribution in [2.45, 2.75) is 62.9 Å². The number of morpholine rings is 1. The van der Waals surface area contributed by atoms with Crippen LogP contribution in [0.4, 0.5) is 13.2 Å². The molecule has 1 aliphatic carbocycles. The molecule has 10 heteroatoms. The highest BCUT2D eigenvalue weighted by Gasteiger charge is 2.41. The number of amides is 1. The first-order chi connectivity index (χ1) is 13.9. The highest BCUT2D eigenvalue weighted by atomic mass is 32.2. The third-order valence-corrected chi connectivity index (χ3v) is 7.38. The number of alkyl halides is 3. The molecule has 0 radical (unpaired) electrons. The van der Waals surface area contributed by atoms with E-state index >= 15 is 0 Å². The SMILES string of the molecule is C[C@@H]1CN(S(=O)(=O)c2ccc(C(=O)N(CC(F)(F)F)[C@@H](C)C3CC3)cc2)C[C@H](C)O1. The van der Waals surface area contributed by atoms with Crippen LogP contribution >= 0.6 is 0 Å². The van der Waals surface area contributed by atoms with Crippen molar-refractivity contribution in [3.8, 4) is 0 Å². The first-order valence-corrected chi connectivity index (χ1v) is 11.5. The Morgan fingerprint density at radius 2 is 1.70 bits per heavy atom. The molecule has 3 atom stereocenters. The number of carbonyl (C=O) groups excluding carboxylic acids is 1. The van der Waals surface area contributed by atoms with Crippen LogP contribution in [0.5, 0.6) is 0 Å². The van der Waals surface area contributed by atoms with Gasteiger partial charge in [-0.25, -0.2) is 8.42 Å². The van der Waals surface area contributed by atoms with E-state index in [-0.39, 0.29) is 41.7 Å². The van der Waals surface area contributed by atoms with E-state index in [0.717, 1.165) is 17.7 Å². The number of sulfonamides is 1. The average Bonchev–Trinajstić information content (AvgIpc) is 3.49. The predicted octanol–water partition coefficient (Wildman–Crippen LogP) is 3.29. The van der Waals surface area contributed by atoms with Crippen LogP contribution in [0.1, 0.15) is 44.0 Å². The summed E-state index contributed by atoms with van der Waals surface area (Å²) in [7, 11) is -3.79. The van der Waals surface area contributed by atoms with E-state index in [9.17, 15) is 26.4 Å². The van der Waals surface area contributed by atoms with Gasteiger partial charge in [-0.05, 0) is 63.8 Å². The van der Waals surface area contributed by atoms with Crippen LogP contribution in [0.3, 0.4) is 0 Å². The van der Waals surface area contributed by atoms with Gasteiger partial charge < -0.3 is 9.64 Å². The molecule has 0 N–H and O–H groups in total. The third kappa shape index (κ3) is 5.33. The average molecular weight is 449 g/mol. The van der Waals surface area contributed by atoms with Crippen molar-refractivity contribution >= 4 is 15.9 Å². The minimum absolute atomic E-state index is 0.00189. The molecule has 0 spiro atoms. The standard InChI is InChI=1S/C20H27F3N2O4S/c1-13-10-24(11-14(2)29-13)30(27,28)18-8-6-17(7-9-18)19(26)25(12-20(21,22)23)15(3)16-4-5-16/h6-9,13-16H,4-5,10-12H2,1-3H3/t13-,14+,15-/m0/s1.